The fraction of sp³-hybridized carbons (Fsp3) is 0.500. The second-order valence-corrected chi connectivity index (χ2v) is 8.06. The zero-order valence-corrected chi connectivity index (χ0v) is 8.18. The molecule has 0 rings (SSSR count). The van der Waals surface area contributed by atoms with Gasteiger partial charge in [-0.1, -0.05) is 0 Å². The summed E-state index contributed by atoms with van der Waals surface area (Å²) in [6, 6.07) is 0. The molecule has 0 aliphatic carbocycles. The maximum absolute atomic E-state index is 2.34. The van der Waals surface area contributed by atoms with E-state index in [1.54, 1.807) is 0 Å². The molecule has 0 saturated carbocycles. The standard InChI is InChI=1S/4C2H4.Pd/c4*1-2;/h4*1H,2H3;. The van der Waals surface area contributed by atoms with Crippen molar-refractivity contribution in [3.05, 3.63) is 0 Å². The molecule has 0 radical (unpaired) electrons. The van der Waals surface area contributed by atoms with Crippen molar-refractivity contribution in [3.8, 4) is 0 Å². The van der Waals surface area contributed by atoms with Gasteiger partial charge in [0, 0.05) is 0 Å². The van der Waals surface area contributed by atoms with E-state index in [2.05, 4.69) is 45.6 Å². The number of hydrogen-bond donors (Lipinski definition) is 0. The Bertz CT molecular complexity index is 235. The van der Waals surface area contributed by atoms with Gasteiger partial charge >= 0.3 is 59.3 Å². The molecule has 0 nitrogen and oxygen atoms in total. The minimum atomic E-state index is -1.30. The Kier molecular flexibility index (Phi) is 4.10. The number of rotatable bonds is 0. The first-order valence-electron chi connectivity index (χ1n) is 3.04. The van der Waals surface area contributed by atoms with E-state index < -0.39 is 13.7 Å². The predicted molar refractivity (Wildman–Crippen MR) is 47.0 cm³/mol. The second kappa shape index (κ2) is 4.04. The van der Waals surface area contributed by atoms with E-state index in [9.17, 15) is 0 Å². The van der Waals surface area contributed by atoms with E-state index >= 15 is 0 Å². The van der Waals surface area contributed by atoms with E-state index in [4.69, 9.17) is 0 Å². The van der Waals surface area contributed by atoms with Gasteiger partial charge in [0.25, 0.3) is 0 Å². The van der Waals surface area contributed by atoms with Gasteiger partial charge in [-0.25, -0.2) is 0 Å². The monoisotopic (exact) mass is 218 g/mol. The maximum atomic E-state index is 2.34. The van der Waals surface area contributed by atoms with Gasteiger partial charge in [-0.3, -0.25) is 0 Å². The first-order valence-corrected chi connectivity index (χ1v) is 6.63. The first kappa shape index (κ1) is 9.14. The Labute approximate surface area is 59.6 Å². The van der Waals surface area contributed by atoms with Crippen molar-refractivity contribution in [2.75, 3.05) is 0 Å². The average Bonchev–Trinajstić information content (AvgIpc) is 1.95. The fourth-order valence-electron chi connectivity index (χ4n) is 0.632. The van der Waals surface area contributed by atoms with Gasteiger partial charge in [0.15, 0.2) is 0 Å². The Hall–Kier alpha value is 0.142. The zero-order valence-electron chi connectivity index (χ0n) is 6.63. The van der Waals surface area contributed by atoms with Gasteiger partial charge < -0.3 is 0 Å². The van der Waals surface area contributed by atoms with Crippen LogP contribution in [0.3, 0.4) is 0 Å². The van der Waals surface area contributed by atoms with Crippen LogP contribution in [0.2, 0.25) is 0 Å². The van der Waals surface area contributed by atoms with Crippen LogP contribution >= 0.6 is 0 Å². The number of hydrogen-bond acceptors (Lipinski definition) is 0. The molecular weight excluding hydrogens is 203 g/mol. The molecule has 0 aromatic rings. The topological polar surface area (TPSA) is 0 Å². The summed E-state index contributed by atoms with van der Waals surface area (Å²) >= 11 is -1.30. The molecule has 0 aromatic heterocycles. The third-order valence-corrected chi connectivity index (χ3v) is 7.48. The molecule has 0 atom stereocenters. The summed E-state index contributed by atoms with van der Waals surface area (Å²) in [6.07, 6.45) is 0. The van der Waals surface area contributed by atoms with Gasteiger partial charge in [0.1, 0.15) is 0 Å². The van der Waals surface area contributed by atoms with Crippen LogP contribution in [-0.2, 0) is 13.7 Å². The van der Waals surface area contributed by atoms with E-state index in [0.717, 1.165) is 0 Å². The van der Waals surface area contributed by atoms with Gasteiger partial charge in [-0.15, -0.1) is 0 Å². The van der Waals surface area contributed by atoms with Gasteiger partial charge in [0.2, 0.25) is 0 Å². The normalized spacial score (nSPS) is 12.0. The molecule has 0 aliphatic heterocycles. The minimum absolute atomic E-state index is 1.30. The van der Waals surface area contributed by atoms with Gasteiger partial charge in [-0.05, 0) is 0 Å². The second-order valence-electron chi connectivity index (χ2n) is 1.36. The van der Waals surface area contributed by atoms with Crippen molar-refractivity contribution < 1.29 is 13.7 Å². The summed E-state index contributed by atoms with van der Waals surface area (Å²) in [6.45, 7) is 8.60. The summed E-state index contributed by atoms with van der Waals surface area (Å²) in [5, 5.41) is 0. The van der Waals surface area contributed by atoms with Crippen LogP contribution in [0.1, 0.15) is 27.7 Å². The summed E-state index contributed by atoms with van der Waals surface area (Å²) in [7, 11) is 0. The molecule has 0 bridgehead atoms. The quantitative estimate of drug-likeness (QED) is 0.540. The van der Waals surface area contributed by atoms with E-state index in [-0.39, 0.29) is 0 Å². The molecule has 58 valence electrons. The van der Waals surface area contributed by atoms with Crippen molar-refractivity contribution in [1.82, 2.24) is 0 Å². The Morgan fingerprint density at radius 2 is 0.889 bits per heavy atom. The van der Waals surface area contributed by atoms with Crippen LogP contribution in [-0.4, -0.2) is 17.9 Å². The summed E-state index contributed by atoms with van der Waals surface area (Å²) < 4.78 is 9.35. The van der Waals surface area contributed by atoms with Crippen molar-refractivity contribution >= 4 is 17.9 Å². The van der Waals surface area contributed by atoms with Gasteiger partial charge in [-0.2, -0.15) is 0 Å². The predicted octanol–water partition coefficient (Wildman–Crippen LogP) is 1.43. The van der Waals surface area contributed by atoms with Crippen molar-refractivity contribution in [3.63, 3.8) is 0 Å². The van der Waals surface area contributed by atoms with E-state index in [1.165, 1.54) is 0 Å². The summed E-state index contributed by atoms with van der Waals surface area (Å²) in [5.41, 5.74) is 0. The van der Waals surface area contributed by atoms with Crippen LogP contribution in [0.15, 0.2) is 0 Å². The third-order valence-electron chi connectivity index (χ3n) is 1.26. The molecule has 0 saturated heterocycles. The van der Waals surface area contributed by atoms with Crippen LogP contribution in [0, 0.1) is 0 Å². The Morgan fingerprint density at radius 3 is 0.889 bits per heavy atom. The van der Waals surface area contributed by atoms with E-state index in [0.29, 0.717) is 0 Å². The van der Waals surface area contributed by atoms with Crippen LogP contribution in [0.5, 0.6) is 0 Å². The molecule has 0 aliphatic rings. The SMILES string of the molecule is C[CH]=[Pd](=[CH]C)(=[CH]C)=[CH]C. The van der Waals surface area contributed by atoms with Crippen molar-refractivity contribution in [2.24, 2.45) is 0 Å². The van der Waals surface area contributed by atoms with Crippen LogP contribution < -0.4 is 0 Å². The Balaban J connectivity index is 5.85. The van der Waals surface area contributed by atoms with Crippen LogP contribution in [0.25, 0.3) is 0 Å². The third kappa shape index (κ3) is 2.08. The average molecular weight is 219 g/mol. The molecule has 0 spiro atoms. The Morgan fingerprint density at radius 1 is 0.667 bits per heavy atom. The van der Waals surface area contributed by atoms with E-state index in [1.807, 2.05) is 0 Å². The van der Waals surface area contributed by atoms with Gasteiger partial charge in [0.05, 0.1) is 0 Å². The molecule has 9 heavy (non-hydrogen) atoms. The molecule has 1 heteroatoms. The molecule has 0 N–H and O–H groups in total. The van der Waals surface area contributed by atoms with Crippen molar-refractivity contribution in [1.29, 1.82) is 0 Å². The first-order chi connectivity index (χ1) is 4.24. The molecule has 0 aromatic carbocycles. The summed E-state index contributed by atoms with van der Waals surface area (Å²) in [4.78, 5) is 0. The zero-order chi connectivity index (χ0) is 7.33. The molecule has 0 amide bonds. The molecule has 0 heterocycles. The van der Waals surface area contributed by atoms with Crippen molar-refractivity contribution in [2.45, 2.75) is 27.7 Å². The summed E-state index contributed by atoms with van der Waals surface area (Å²) in [5.74, 6) is 0. The molecular formula is C8H16Pd. The fourth-order valence-corrected chi connectivity index (χ4v) is 3.74. The van der Waals surface area contributed by atoms with Crippen LogP contribution in [0.4, 0.5) is 0 Å². The molecule has 0 unspecified atom stereocenters. The molecule has 0 fully saturated rings.